The molecule has 0 radical (unpaired) electrons. The third kappa shape index (κ3) is 3.37. The van der Waals surface area contributed by atoms with Crippen LogP contribution in [0.25, 0.3) is 0 Å². The summed E-state index contributed by atoms with van der Waals surface area (Å²) in [4.78, 5) is 12.2. The third-order valence-corrected chi connectivity index (χ3v) is 3.01. The number of hydrogen-bond donors (Lipinski definition) is 4. The summed E-state index contributed by atoms with van der Waals surface area (Å²) in [7, 11) is 0. The number of carboxylic acids is 1. The number of aliphatic carboxylic acids is 1. The molecule has 4 atom stereocenters. The van der Waals surface area contributed by atoms with Crippen LogP contribution in [-0.2, 0) is 9.53 Å². The molecule has 0 aromatic heterocycles. The van der Waals surface area contributed by atoms with Crippen LogP contribution in [0.5, 0.6) is 0 Å². The van der Waals surface area contributed by atoms with Crippen LogP contribution in [0.4, 0.5) is 0 Å². The van der Waals surface area contributed by atoms with E-state index in [4.69, 9.17) is 14.9 Å². The van der Waals surface area contributed by atoms with Gasteiger partial charge in [0.25, 0.3) is 0 Å². The van der Waals surface area contributed by atoms with Gasteiger partial charge in [0.15, 0.2) is 6.23 Å². The summed E-state index contributed by atoms with van der Waals surface area (Å²) in [5.41, 5.74) is 0.162. The summed E-state index contributed by atoms with van der Waals surface area (Å²) in [6.45, 7) is 3.59. The number of aliphatic hydroxyl groups is 3. The highest BCUT2D eigenvalue weighted by Gasteiger charge is 2.44. The fraction of sp³-hybridized carbons (Fsp3) is 0.615. The molecule has 0 aliphatic carbocycles. The Morgan fingerprint density at radius 1 is 1.40 bits per heavy atom. The molecular weight excluding hydrogens is 266 g/mol. The van der Waals surface area contributed by atoms with Gasteiger partial charge in [-0.15, -0.1) is 0 Å². The van der Waals surface area contributed by atoms with Crippen molar-refractivity contribution in [3.8, 4) is 0 Å². The molecule has 0 bridgehead atoms. The van der Waals surface area contributed by atoms with Crippen molar-refractivity contribution in [2.24, 2.45) is 0 Å². The summed E-state index contributed by atoms with van der Waals surface area (Å²) < 4.78 is 5.29. The Balaban J connectivity index is 0.000000956. The number of carbonyl (C=O) groups is 1. The lowest BCUT2D eigenvalue weighted by Crippen LogP contribution is -2.40. The number of nitrogens with zero attached hydrogens (tertiary/aromatic N) is 1. The topological polar surface area (TPSA) is 110 Å². The Labute approximate surface area is 117 Å². The summed E-state index contributed by atoms with van der Waals surface area (Å²) in [5.74, 6) is -1.05. The van der Waals surface area contributed by atoms with Crippen molar-refractivity contribution in [3.05, 3.63) is 24.0 Å². The zero-order valence-corrected chi connectivity index (χ0v) is 11.5. The van der Waals surface area contributed by atoms with Crippen LogP contribution in [0.1, 0.15) is 20.3 Å². The molecule has 0 aromatic carbocycles. The molecular formula is C13H21NO6. The first-order valence-electron chi connectivity index (χ1n) is 6.55. The highest BCUT2D eigenvalue weighted by atomic mass is 16.6. The van der Waals surface area contributed by atoms with E-state index in [-0.39, 0.29) is 5.57 Å². The van der Waals surface area contributed by atoms with Gasteiger partial charge in [-0.3, -0.25) is 0 Å². The average Bonchev–Trinajstić information content (AvgIpc) is 2.77. The van der Waals surface area contributed by atoms with Gasteiger partial charge in [0.05, 0.1) is 12.2 Å². The van der Waals surface area contributed by atoms with Crippen LogP contribution in [0, 0.1) is 0 Å². The van der Waals surface area contributed by atoms with Gasteiger partial charge < -0.3 is 30.1 Å². The molecule has 0 aromatic rings. The van der Waals surface area contributed by atoms with E-state index in [1.54, 1.807) is 12.3 Å². The fourth-order valence-electron chi connectivity index (χ4n) is 2.00. The zero-order chi connectivity index (χ0) is 15.3. The number of allylic oxidation sites excluding steroid dienone is 1. The Morgan fingerprint density at radius 2 is 2.05 bits per heavy atom. The zero-order valence-electron chi connectivity index (χ0n) is 11.5. The van der Waals surface area contributed by atoms with Gasteiger partial charge in [-0.1, -0.05) is 19.9 Å². The van der Waals surface area contributed by atoms with Crippen molar-refractivity contribution in [1.82, 2.24) is 4.90 Å². The van der Waals surface area contributed by atoms with Crippen molar-refractivity contribution in [2.75, 3.05) is 6.61 Å². The van der Waals surface area contributed by atoms with E-state index in [2.05, 4.69) is 0 Å². The number of aliphatic hydroxyl groups excluding tert-OH is 3. The molecule has 0 saturated carbocycles. The van der Waals surface area contributed by atoms with Crippen molar-refractivity contribution >= 4 is 5.97 Å². The van der Waals surface area contributed by atoms with E-state index in [0.717, 1.165) is 0 Å². The fourth-order valence-corrected chi connectivity index (χ4v) is 2.00. The van der Waals surface area contributed by atoms with Gasteiger partial charge >= 0.3 is 5.97 Å². The maximum Gasteiger partial charge on any atom is 0.333 e. The molecule has 2 rings (SSSR count). The minimum absolute atomic E-state index is 0.162. The molecule has 0 spiro atoms. The van der Waals surface area contributed by atoms with Crippen molar-refractivity contribution in [1.29, 1.82) is 0 Å². The molecule has 4 N–H and O–H groups in total. The highest BCUT2D eigenvalue weighted by Crippen LogP contribution is 2.26. The first-order valence-corrected chi connectivity index (χ1v) is 6.55. The number of ether oxygens (including phenoxy) is 1. The molecule has 114 valence electrons. The molecule has 7 nitrogen and oxygen atoms in total. The van der Waals surface area contributed by atoms with E-state index in [1.807, 2.05) is 13.8 Å². The van der Waals surface area contributed by atoms with Crippen molar-refractivity contribution < 1.29 is 30.0 Å². The van der Waals surface area contributed by atoms with Gasteiger partial charge in [-0.25, -0.2) is 4.79 Å². The van der Waals surface area contributed by atoms with Crippen molar-refractivity contribution in [3.63, 3.8) is 0 Å². The smallest absolute Gasteiger partial charge is 0.333 e. The molecule has 1 fully saturated rings. The van der Waals surface area contributed by atoms with E-state index in [9.17, 15) is 15.0 Å². The number of hydrogen-bond acceptors (Lipinski definition) is 6. The van der Waals surface area contributed by atoms with Crippen LogP contribution in [-0.4, -0.2) is 62.4 Å². The predicted octanol–water partition coefficient (Wildman–Crippen LogP) is -0.361. The Kier molecular flexibility index (Phi) is 6.15. The van der Waals surface area contributed by atoms with E-state index in [0.29, 0.717) is 6.42 Å². The molecule has 2 aliphatic heterocycles. The van der Waals surface area contributed by atoms with Crippen LogP contribution in [0.15, 0.2) is 24.0 Å². The molecule has 7 heteroatoms. The molecule has 1 saturated heterocycles. The second-order valence-corrected chi connectivity index (χ2v) is 4.22. The van der Waals surface area contributed by atoms with Crippen molar-refractivity contribution in [2.45, 2.75) is 44.8 Å². The predicted molar refractivity (Wildman–Crippen MR) is 70.4 cm³/mol. The SMILES string of the molecule is CC.O=C(O)C1=CN(C2OC(CO)C(O)C2O)C=CC1. The quantitative estimate of drug-likeness (QED) is 0.561. The van der Waals surface area contributed by atoms with E-state index >= 15 is 0 Å². The second-order valence-electron chi connectivity index (χ2n) is 4.22. The van der Waals surface area contributed by atoms with Gasteiger partial charge in [-0.05, 0) is 0 Å². The lowest BCUT2D eigenvalue weighted by atomic mass is 10.1. The van der Waals surface area contributed by atoms with Gasteiger partial charge in [-0.2, -0.15) is 0 Å². The maximum atomic E-state index is 10.9. The Bertz CT molecular complexity index is 394. The molecule has 20 heavy (non-hydrogen) atoms. The largest absolute Gasteiger partial charge is 0.478 e. The summed E-state index contributed by atoms with van der Waals surface area (Å²) in [6.07, 6.45) is 0.659. The van der Waals surface area contributed by atoms with Crippen LogP contribution in [0.2, 0.25) is 0 Å². The number of rotatable bonds is 3. The highest BCUT2D eigenvalue weighted by molar-refractivity contribution is 5.87. The summed E-state index contributed by atoms with van der Waals surface area (Å²) in [6, 6.07) is 0. The van der Waals surface area contributed by atoms with Gasteiger partial charge in [0.2, 0.25) is 0 Å². The average molecular weight is 287 g/mol. The first kappa shape index (κ1) is 16.6. The molecule has 0 amide bonds. The van der Waals surface area contributed by atoms with E-state index in [1.165, 1.54) is 11.1 Å². The first-order chi connectivity index (χ1) is 9.54. The second kappa shape index (κ2) is 7.39. The van der Waals surface area contributed by atoms with Crippen LogP contribution >= 0.6 is 0 Å². The van der Waals surface area contributed by atoms with E-state index < -0.39 is 37.1 Å². The minimum Gasteiger partial charge on any atom is -0.478 e. The lowest BCUT2D eigenvalue weighted by Gasteiger charge is -2.28. The molecule has 2 heterocycles. The lowest BCUT2D eigenvalue weighted by molar-refractivity contribution is -0.133. The maximum absolute atomic E-state index is 10.9. The van der Waals surface area contributed by atoms with Gasteiger partial charge in [0.1, 0.15) is 18.3 Å². The molecule has 2 aliphatic rings. The Hall–Kier alpha value is -1.41. The molecule has 4 unspecified atom stereocenters. The van der Waals surface area contributed by atoms with Crippen LogP contribution < -0.4 is 0 Å². The monoisotopic (exact) mass is 287 g/mol. The van der Waals surface area contributed by atoms with Crippen LogP contribution in [0.3, 0.4) is 0 Å². The Morgan fingerprint density at radius 3 is 2.55 bits per heavy atom. The normalized spacial score (nSPS) is 32.5. The number of carboxylic acid groups (broad SMARTS) is 1. The minimum atomic E-state index is -1.21. The standard InChI is InChI=1S/C11H15NO6.C2H6/c13-5-7-8(14)9(15)10(18-7)12-3-1-2-6(4-12)11(16)17;1-2/h1,3-4,7-10,13-15H,2,5H2,(H,16,17);1-2H3. The summed E-state index contributed by atoms with van der Waals surface area (Å²) in [5, 5.41) is 37.3. The third-order valence-electron chi connectivity index (χ3n) is 3.01. The summed E-state index contributed by atoms with van der Waals surface area (Å²) >= 11 is 0. The van der Waals surface area contributed by atoms with Gasteiger partial charge in [0, 0.05) is 18.8 Å².